The zero-order chi connectivity index (χ0) is 17.3. The Balaban J connectivity index is 3.23. The van der Waals surface area contributed by atoms with E-state index in [-0.39, 0.29) is 5.97 Å². The molecule has 0 aliphatic carbocycles. The second kappa shape index (κ2) is 16.3. The number of unbranched alkanes of at least 4 members (excludes halogenated alkanes) is 11. The second-order valence-corrected chi connectivity index (χ2v) is 7.29. The van der Waals surface area contributed by atoms with Crippen LogP contribution in [-0.4, -0.2) is 18.6 Å². The van der Waals surface area contributed by atoms with Crippen LogP contribution in [0.15, 0.2) is 0 Å². The lowest BCUT2D eigenvalue weighted by Crippen LogP contribution is -2.33. The molecule has 0 saturated heterocycles. The summed E-state index contributed by atoms with van der Waals surface area (Å²) in [6.45, 7) is 6.93. The largest absolute Gasteiger partial charge is 0.465 e. The van der Waals surface area contributed by atoms with E-state index in [0.29, 0.717) is 18.9 Å². The summed E-state index contributed by atoms with van der Waals surface area (Å²) in [5.74, 6) is 0.200. The number of rotatable bonds is 16. The van der Waals surface area contributed by atoms with Crippen molar-refractivity contribution in [2.45, 2.75) is 110 Å². The Bertz CT molecular complexity index is 266. The summed E-state index contributed by atoms with van der Waals surface area (Å²) in [7, 11) is 0. The zero-order valence-corrected chi connectivity index (χ0v) is 15.9. The fourth-order valence-electron chi connectivity index (χ4n) is 2.83. The number of esters is 1. The fourth-order valence-corrected chi connectivity index (χ4v) is 2.83. The Morgan fingerprint density at radius 2 is 1.26 bits per heavy atom. The van der Waals surface area contributed by atoms with Gasteiger partial charge in [0.1, 0.15) is 6.04 Å². The summed E-state index contributed by atoms with van der Waals surface area (Å²) >= 11 is 0. The Hall–Kier alpha value is -0.570. The van der Waals surface area contributed by atoms with Gasteiger partial charge in [-0.3, -0.25) is 4.79 Å². The number of ether oxygens (including phenoxy) is 1. The molecule has 0 saturated carbocycles. The van der Waals surface area contributed by atoms with Crippen LogP contribution in [0.25, 0.3) is 0 Å². The first-order valence-electron chi connectivity index (χ1n) is 10.00. The van der Waals surface area contributed by atoms with Crippen molar-refractivity contribution in [3.8, 4) is 0 Å². The Kier molecular flexibility index (Phi) is 15.9. The summed E-state index contributed by atoms with van der Waals surface area (Å²) < 4.78 is 5.23. The lowest BCUT2D eigenvalue weighted by Gasteiger charge is -2.13. The highest BCUT2D eigenvalue weighted by Gasteiger charge is 2.15. The molecule has 1 atom stereocenters. The SMILES string of the molecule is CCCCCCCCCCCCCCOC(=O)C(N)CC(C)C. The fraction of sp³-hybridized carbons (Fsp3) is 0.950. The Morgan fingerprint density at radius 1 is 0.826 bits per heavy atom. The molecule has 0 fully saturated rings. The van der Waals surface area contributed by atoms with Crippen LogP contribution < -0.4 is 5.73 Å². The van der Waals surface area contributed by atoms with Crippen molar-refractivity contribution < 1.29 is 9.53 Å². The monoisotopic (exact) mass is 327 g/mol. The Labute approximate surface area is 144 Å². The summed E-state index contributed by atoms with van der Waals surface area (Å²) in [5.41, 5.74) is 5.79. The first-order chi connectivity index (χ1) is 11.1. The molecule has 3 nitrogen and oxygen atoms in total. The molecule has 0 aromatic rings. The van der Waals surface area contributed by atoms with E-state index >= 15 is 0 Å². The van der Waals surface area contributed by atoms with Crippen LogP contribution in [-0.2, 0) is 9.53 Å². The van der Waals surface area contributed by atoms with Gasteiger partial charge in [-0.1, -0.05) is 91.4 Å². The second-order valence-electron chi connectivity index (χ2n) is 7.29. The minimum atomic E-state index is -0.452. The average Bonchev–Trinajstić information content (AvgIpc) is 2.51. The van der Waals surface area contributed by atoms with Gasteiger partial charge in [0, 0.05) is 0 Å². The maximum absolute atomic E-state index is 11.6. The third kappa shape index (κ3) is 16.1. The molecular formula is C20H41NO2. The molecule has 0 amide bonds. The molecule has 0 aromatic heterocycles. The smallest absolute Gasteiger partial charge is 0.322 e. The third-order valence-electron chi connectivity index (χ3n) is 4.27. The number of carbonyl (C=O) groups excluding carboxylic acids is 1. The van der Waals surface area contributed by atoms with Crippen molar-refractivity contribution in [1.82, 2.24) is 0 Å². The summed E-state index contributed by atoms with van der Waals surface area (Å²) in [6, 6.07) is -0.452. The van der Waals surface area contributed by atoms with E-state index in [0.717, 1.165) is 12.8 Å². The van der Waals surface area contributed by atoms with Gasteiger partial charge in [0.25, 0.3) is 0 Å². The van der Waals surface area contributed by atoms with Crippen molar-refractivity contribution in [1.29, 1.82) is 0 Å². The summed E-state index contributed by atoms with van der Waals surface area (Å²) in [4.78, 5) is 11.6. The van der Waals surface area contributed by atoms with Crippen LogP contribution in [0.1, 0.15) is 104 Å². The van der Waals surface area contributed by atoms with E-state index in [9.17, 15) is 4.79 Å². The minimum absolute atomic E-state index is 0.234. The zero-order valence-electron chi connectivity index (χ0n) is 15.9. The maximum Gasteiger partial charge on any atom is 0.322 e. The molecule has 0 rings (SSSR count). The molecule has 3 heteroatoms. The molecule has 0 aliphatic rings. The number of nitrogens with two attached hydrogens (primary N) is 1. The molecular weight excluding hydrogens is 286 g/mol. The molecule has 2 N–H and O–H groups in total. The predicted octanol–water partition coefficient (Wildman–Crippen LogP) is 5.60. The van der Waals surface area contributed by atoms with Crippen molar-refractivity contribution in [2.24, 2.45) is 11.7 Å². The predicted molar refractivity (Wildman–Crippen MR) is 99.5 cm³/mol. The van der Waals surface area contributed by atoms with E-state index in [1.54, 1.807) is 0 Å². The molecule has 0 bridgehead atoms. The molecule has 0 aromatic carbocycles. The lowest BCUT2D eigenvalue weighted by atomic mass is 10.0. The van der Waals surface area contributed by atoms with Crippen LogP contribution in [0.2, 0.25) is 0 Å². The van der Waals surface area contributed by atoms with E-state index < -0.39 is 6.04 Å². The third-order valence-corrected chi connectivity index (χ3v) is 4.27. The Morgan fingerprint density at radius 3 is 1.70 bits per heavy atom. The van der Waals surface area contributed by atoms with Crippen molar-refractivity contribution in [3.05, 3.63) is 0 Å². The molecule has 23 heavy (non-hydrogen) atoms. The van der Waals surface area contributed by atoms with Gasteiger partial charge >= 0.3 is 5.97 Å². The van der Waals surface area contributed by atoms with Crippen LogP contribution in [0, 0.1) is 5.92 Å². The first kappa shape index (κ1) is 22.4. The van der Waals surface area contributed by atoms with Gasteiger partial charge in [-0.15, -0.1) is 0 Å². The minimum Gasteiger partial charge on any atom is -0.465 e. The highest BCUT2D eigenvalue weighted by atomic mass is 16.5. The van der Waals surface area contributed by atoms with Gasteiger partial charge in [0.2, 0.25) is 0 Å². The highest BCUT2D eigenvalue weighted by Crippen LogP contribution is 2.12. The maximum atomic E-state index is 11.6. The van der Waals surface area contributed by atoms with E-state index in [1.165, 1.54) is 64.2 Å². The van der Waals surface area contributed by atoms with Crippen LogP contribution >= 0.6 is 0 Å². The average molecular weight is 328 g/mol. The molecule has 0 heterocycles. The summed E-state index contributed by atoms with van der Waals surface area (Å²) in [5, 5.41) is 0. The quantitative estimate of drug-likeness (QED) is 0.296. The van der Waals surface area contributed by atoms with Crippen molar-refractivity contribution in [3.63, 3.8) is 0 Å². The van der Waals surface area contributed by atoms with Gasteiger partial charge in [-0.05, 0) is 18.8 Å². The van der Waals surface area contributed by atoms with Crippen molar-refractivity contribution in [2.75, 3.05) is 6.61 Å². The number of carbonyl (C=O) groups is 1. The molecule has 1 unspecified atom stereocenters. The van der Waals surface area contributed by atoms with E-state index in [1.807, 2.05) is 0 Å². The van der Waals surface area contributed by atoms with E-state index in [4.69, 9.17) is 10.5 Å². The molecule has 138 valence electrons. The molecule has 0 radical (unpaired) electrons. The van der Waals surface area contributed by atoms with Gasteiger partial charge in [-0.25, -0.2) is 0 Å². The van der Waals surface area contributed by atoms with Crippen LogP contribution in [0.5, 0.6) is 0 Å². The number of hydrogen-bond donors (Lipinski definition) is 1. The van der Waals surface area contributed by atoms with Crippen LogP contribution in [0.3, 0.4) is 0 Å². The normalized spacial score (nSPS) is 12.6. The van der Waals surface area contributed by atoms with Crippen LogP contribution in [0.4, 0.5) is 0 Å². The standard InChI is InChI=1S/C20H41NO2/c1-4-5-6-7-8-9-10-11-12-13-14-15-16-23-20(22)19(21)17-18(2)3/h18-19H,4-17,21H2,1-3H3. The lowest BCUT2D eigenvalue weighted by molar-refractivity contribution is -0.145. The van der Waals surface area contributed by atoms with Gasteiger partial charge < -0.3 is 10.5 Å². The van der Waals surface area contributed by atoms with Gasteiger partial charge in [0.15, 0.2) is 0 Å². The van der Waals surface area contributed by atoms with Crippen molar-refractivity contribution >= 4 is 5.97 Å². The topological polar surface area (TPSA) is 52.3 Å². The highest BCUT2D eigenvalue weighted by molar-refractivity contribution is 5.75. The number of hydrogen-bond acceptors (Lipinski definition) is 3. The van der Waals surface area contributed by atoms with E-state index in [2.05, 4.69) is 20.8 Å². The first-order valence-corrected chi connectivity index (χ1v) is 10.00. The van der Waals surface area contributed by atoms with Gasteiger partial charge in [0.05, 0.1) is 6.61 Å². The summed E-state index contributed by atoms with van der Waals surface area (Å²) in [6.07, 6.45) is 16.5. The molecule has 0 aliphatic heterocycles. The molecule has 0 spiro atoms. The van der Waals surface area contributed by atoms with Gasteiger partial charge in [-0.2, -0.15) is 0 Å².